The molecule has 0 bridgehead atoms. The second-order valence-electron chi connectivity index (χ2n) is 9.20. The second kappa shape index (κ2) is 12.8. The van der Waals surface area contributed by atoms with Gasteiger partial charge in [-0.1, -0.05) is 66.3 Å². The maximum Gasteiger partial charge on any atom is 0.305 e. The molecule has 1 aromatic heterocycles. The Bertz CT molecular complexity index is 1560. The number of aliphatic carboxylic acids is 1. The lowest BCUT2D eigenvalue weighted by atomic mass is 9.75. The number of nitriles is 1. The van der Waals surface area contributed by atoms with Crippen LogP contribution < -0.4 is 5.32 Å². The van der Waals surface area contributed by atoms with Crippen molar-refractivity contribution in [1.82, 2.24) is 5.32 Å². The first-order valence-electron chi connectivity index (χ1n) is 12.4. The van der Waals surface area contributed by atoms with Crippen LogP contribution in [0.3, 0.4) is 0 Å². The van der Waals surface area contributed by atoms with Crippen LogP contribution in [0.1, 0.15) is 70.6 Å². The van der Waals surface area contributed by atoms with E-state index >= 15 is 0 Å². The molecule has 0 saturated carbocycles. The van der Waals surface area contributed by atoms with Gasteiger partial charge in [-0.25, -0.2) is 0 Å². The normalized spacial score (nSPS) is 12.6. The third-order valence-electron chi connectivity index (χ3n) is 6.65. The van der Waals surface area contributed by atoms with Gasteiger partial charge < -0.3 is 10.4 Å². The zero-order valence-electron chi connectivity index (χ0n) is 21.0. The summed E-state index contributed by atoms with van der Waals surface area (Å²) in [5.41, 5.74) is 4.05. The van der Waals surface area contributed by atoms with E-state index in [1.807, 2.05) is 30.3 Å². The zero-order chi connectivity index (χ0) is 28.1. The van der Waals surface area contributed by atoms with Crippen molar-refractivity contribution in [3.63, 3.8) is 0 Å². The third-order valence-corrected chi connectivity index (χ3v) is 8.66. The molecule has 4 rings (SSSR count). The predicted octanol–water partition coefficient (Wildman–Crippen LogP) is 8.65. The van der Waals surface area contributed by atoms with Crippen molar-refractivity contribution in [1.29, 1.82) is 5.26 Å². The van der Waals surface area contributed by atoms with Gasteiger partial charge >= 0.3 is 5.97 Å². The van der Waals surface area contributed by atoms with Crippen LogP contribution in [0.25, 0.3) is 10.1 Å². The highest BCUT2D eigenvalue weighted by molar-refractivity contribution is 7.17. The number of carboxylic acids is 1. The van der Waals surface area contributed by atoms with Gasteiger partial charge in [0.25, 0.3) is 5.91 Å². The van der Waals surface area contributed by atoms with Crippen molar-refractivity contribution in [3.8, 4) is 6.07 Å². The second-order valence-corrected chi connectivity index (χ2v) is 11.3. The summed E-state index contributed by atoms with van der Waals surface area (Å²) in [7, 11) is 0. The van der Waals surface area contributed by atoms with Crippen LogP contribution in [0.5, 0.6) is 0 Å². The molecular weight excluding hydrogens is 575 g/mol. The number of rotatable bonds is 10. The van der Waals surface area contributed by atoms with Crippen LogP contribution in [-0.4, -0.2) is 23.5 Å². The molecule has 1 heterocycles. The van der Waals surface area contributed by atoms with E-state index in [1.54, 1.807) is 24.3 Å². The number of carbonyl (C=O) groups excluding carboxylic acids is 1. The lowest BCUT2D eigenvalue weighted by molar-refractivity contribution is -0.136. The third kappa shape index (κ3) is 6.57. The van der Waals surface area contributed by atoms with E-state index in [0.717, 1.165) is 39.6 Å². The molecule has 9 heteroatoms. The Morgan fingerprint density at radius 1 is 1.03 bits per heavy atom. The first-order chi connectivity index (χ1) is 18.7. The lowest BCUT2D eigenvalue weighted by Crippen LogP contribution is -2.26. The van der Waals surface area contributed by atoms with Crippen LogP contribution in [-0.2, 0) is 4.79 Å². The Balaban J connectivity index is 1.81. The van der Waals surface area contributed by atoms with Crippen molar-refractivity contribution < 1.29 is 14.7 Å². The predicted molar refractivity (Wildman–Crippen MR) is 159 cm³/mol. The van der Waals surface area contributed by atoms with Crippen molar-refractivity contribution in [2.45, 2.75) is 38.0 Å². The standard InChI is InChI=1S/C30H25Cl3N2O3S/c1-2-3-22(17-4-6-18(7-5-17)30(38)35-11-10-27(36)37)28(19-8-9-25(32)26(33)13-19)24-16-39-29-20(15-34)12-21(31)14-23(24)29/h4-9,12-14,16,22,28H,2-3,10-11H2,1H3,(H,35,38)(H,36,37)/t22-,28?/m1/s1. The number of nitrogens with zero attached hydrogens (tertiary/aromatic N) is 1. The molecule has 0 saturated heterocycles. The quantitative estimate of drug-likeness (QED) is 0.191. The Kier molecular flexibility index (Phi) is 9.53. The minimum atomic E-state index is -0.967. The summed E-state index contributed by atoms with van der Waals surface area (Å²) < 4.78 is 0.880. The van der Waals surface area contributed by atoms with E-state index in [4.69, 9.17) is 39.9 Å². The summed E-state index contributed by atoms with van der Waals surface area (Å²) in [4.78, 5) is 23.3. The van der Waals surface area contributed by atoms with E-state index < -0.39 is 5.97 Å². The molecule has 39 heavy (non-hydrogen) atoms. The number of carboxylic acid groups (broad SMARTS) is 1. The minimum Gasteiger partial charge on any atom is -0.481 e. The zero-order valence-corrected chi connectivity index (χ0v) is 24.1. The number of benzene rings is 3. The summed E-state index contributed by atoms with van der Waals surface area (Å²) in [5.74, 6) is -1.41. The first kappa shape index (κ1) is 28.9. The fraction of sp³-hybridized carbons (Fsp3) is 0.233. The number of hydrogen-bond donors (Lipinski definition) is 2. The molecule has 0 aliphatic carbocycles. The number of nitrogens with one attached hydrogen (secondary N) is 1. The number of halogens is 3. The average molecular weight is 600 g/mol. The fourth-order valence-corrected chi connectivity index (χ4v) is 6.46. The maximum absolute atomic E-state index is 12.5. The van der Waals surface area contributed by atoms with Gasteiger partial charge in [0.2, 0.25) is 0 Å². The summed E-state index contributed by atoms with van der Waals surface area (Å²) in [6.07, 6.45) is 1.62. The van der Waals surface area contributed by atoms with E-state index in [-0.39, 0.29) is 30.7 Å². The van der Waals surface area contributed by atoms with Crippen LogP contribution in [0, 0.1) is 11.3 Å². The van der Waals surface area contributed by atoms with E-state index in [2.05, 4.69) is 23.7 Å². The molecule has 0 aliphatic rings. The number of carbonyl (C=O) groups is 2. The molecule has 0 aliphatic heterocycles. The van der Waals surface area contributed by atoms with Crippen LogP contribution in [0.4, 0.5) is 0 Å². The smallest absolute Gasteiger partial charge is 0.305 e. The number of thiophene rings is 1. The highest BCUT2D eigenvalue weighted by atomic mass is 35.5. The molecule has 0 spiro atoms. The molecule has 3 aromatic carbocycles. The van der Waals surface area contributed by atoms with Crippen LogP contribution >= 0.6 is 46.1 Å². The van der Waals surface area contributed by atoms with Gasteiger partial charge in [-0.3, -0.25) is 9.59 Å². The first-order valence-corrected chi connectivity index (χ1v) is 14.4. The summed E-state index contributed by atoms with van der Waals surface area (Å²) >= 11 is 20.7. The highest BCUT2D eigenvalue weighted by Gasteiger charge is 2.29. The number of amides is 1. The van der Waals surface area contributed by atoms with Gasteiger partial charge in [0, 0.05) is 23.0 Å². The van der Waals surface area contributed by atoms with E-state index in [9.17, 15) is 14.9 Å². The van der Waals surface area contributed by atoms with Crippen LogP contribution in [0.15, 0.2) is 60.0 Å². The monoisotopic (exact) mass is 598 g/mol. The molecule has 2 atom stereocenters. The molecular formula is C30H25Cl3N2O3S. The average Bonchev–Trinajstić information content (AvgIpc) is 3.33. The molecule has 1 unspecified atom stereocenters. The summed E-state index contributed by atoms with van der Waals surface area (Å²) in [5, 5.41) is 25.6. The number of hydrogen-bond acceptors (Lipinski definition) is 4. The minimum absolute atomic E-state index is 0.0127. The SMILES string of the molecule is CCC[C@H](c1ccc(C(=O)NCCC(=O)O)cc1)C(c1ccc(Cl)c(Cl)c1)c1csc2c(C#N)cc(Cl)cc12. The van der Waals surface area contributed by atoms with Gasteiger partial charge in [0.05, 0.1) is 26.7 Å². The Morgan fingerprint density at radius 2 is 1.74 bits per heavy atom. The van der Waals surface area contributed by atoms with Crippen molar-refractivity contribution in [2.24, 2.45) is 0 Å². The van der Waals surface area contributed by atoms with Gasteiger partial charge in [-0.2, -0.15) is 5.26 Å². The highest BCUT2D eigenvalue weighted by Crippen LogP contribution is 2.47. The number of fused-ring (bicyclic) bond motifs is 1. The van der Waals surface area contributed by atoms with Gasteiger partial charge in [0.1, 0.15) is 6.07 Å². The fourth-order valence-electron chi connectivity index (χ4n) is 4.88. The molecule has 4 aromatic rings. The Hall–Kier alpha value is -3.08. The van der Waals surface area contributed by atoms with Gasteiger partial charge in [-0.15, -0.1) is 11.3 Å². The maximum atomic E-state index is 12.5. The van der Waals surface area contributed by atoms with Crippen LogP contribution in [0.2, 0.25) is 15.1 Å². The van der Waals surface area contributed by atoms with Crippen molar-refractivity contribution in [2.75, 3.05) is 6.54 Å². The van der Waals surface area contributed by atoms with Crippen molar-refractivity contribution >= 4 is 68.1 Å². The van der Waals surface area contributed by atoms with E-state index in [0.29, 0.717) is 26.2 Å². The molecule has 1 amide bonds. The molecule has 2 N–H and O–H groups in total. The summed E-state index contributed by atoms with van der Waals surface area (Å²) in [6.45, 7) is 2.19. The Morgan fingerprint density at radius 3 is 2.38 bits per heavy atom. The topological polar surface area (TPSA) is 90.2 Å². The van der Waals surface area contributed by atoms with Gasteiger partial charge in [0.15, 0.2) is 0 Å². The largest absolute Gasteiger partial charge is 0.481 e. The molecule has 5 nitrogen and oxygen atoms in total. The van der Waals surface area contributed by atoms with E-state index in [1.165, 1.54) is 11.3 Å². The molecule has 200 valence electrons. The Labute approximate surface area is 245 Å². The lowest BCUT2D eigenvalue weighted by Gasteiger charge is -2.29. The van der Waals surface area contributed by atoms with Crippen molar-refractivity contribution in [3.05, 3.63) is 103 Å². The van der Waals surface area contributed by atoms with Gasteiger partial charge in [-0.05, 0) is 76.2 Å². The summed E-state index contributed by atoms with van der Waals surface area (Å²) in [6, 6.07) is 18.9. The molecule has 0 fully saturated rings. The molecule has 0 radical (unpaired) electrons.